The molecule has 0 rings (SSSR count). The molecule has 0 aliphatic rings. The summed E-state index contributed by atoms with van der Waals surface area (Å²) >= 11 is 0. The van der Waals surface area contributed by atoms with Crippen molar-refractivity contribution in [3.05, 3.63) is 0 Å². The lowest BCUT2D eigenvalue weighted by atomic mass is 10.0. The summed E-state index contributed by atoms with van der Waals surface area (Å²) in [4.78, 5) is 72.6. The topological polar surface area (TPSA) is 237 Å². The molecular weight excluding hydrogens is 1220 g/mol. The summed E-state index contributed by atoms with van der Waals surface area (Å²) in [5, 5.41) is 10.6. The summed E-state index contributed by atoms with van der Waals surface area (Å²) in [6.45, 7) is 7.28. The Bertz CT molecular complexity index is 1790. The zero-order valence-electron chi connectivity index (χ0n) is 60.4. The lowest BCUT2D eigenvalue weighted by Crippen LogP contribution is -2.30. The van der Waals surface area contributed by atoms with Crippen LogP contribution in [0.25, 0.3) is 0 Å². The maximum absolute atomic E-state index is 13.1. The van der Waals surface area contributed by atoms with Crippen LogP contribution in [-0.2, 0) is 65.4 Å². The van der Waals surface area contributed by atoms with Gasteiger partial charge in [0.15, 0.2) is 12.2 Å². The van der Waals surface area contributed by atoms with Crippen molar-refractivity contribution in [3.8, 4) is 0 Å². The molecule has 0 bridgehead atoms. The number of unbranched alkanes of at least 4 members (excludes halogenated alkanes) is 46. The van der Waals surface area contributed by atoms with Crippen molar-refractivity contribution in [2.45, 2.75) is 406 Å². The van der Waals surface area contributed by atoms with Crippen molar-refractivity contribution in [2.75, 3.05) is 39.6 Å². The second-order valence-electron chi connectivity index (χ2n) is 27.2. The molecule has 0 aromatic carbocycles. The molecule has 0 amide bonds. The number of ether oxygens (including phenoxy) is 4. The van der Waals surface area contributed by atoms with Gasteiger partial charge in [-0.1, -0.05) is 336 Å². The van der Waals surface area contributed by atoms with Crippen molar-refractivity contribution in [3.63, 3.8) is 0 Å². The smallest absolute Gasteiger partial charge is 0.462 e. The average molecular weight is 1370 g/mol. The van der Waals surface area contributed by atoms with E-state index in [9.17, 15) is 43.2 Å². The molecule has 0 radical (unpaired) electrons. The Kier molecular flexibility index (Phi) is 65.9. The number of phosphoric ester groups is 2. The third kappa shape index (κ3) is 68.4. The molecule has 0 aromatic heterocycles. The Morgan fingerprint density at radius 3 is 0.731 bits per heavy atom. The molecule has 3 N–H and O–H groups in total. The number of esters is 4. The van der Waals surface area contributed by atoms with E-state index in [-0.39, 0.29) is 25.7 Å². The van der Waals surface area contributed by atoms with Gasteiger partial charge < -0.3 is 33.8 Å². The molecule has 0 aromatic rings. The lowest BCUT2D eigenvalue weighted by Gasteiger charge is -2.21. The van der Waals surface area contributed by atoms with Crippen LogP contribution in [0.15, 0.2) is 0 Å². The minimum Gasteiger partial charge on any atom is -0.462 e. The van der Waals surface area contributed by atoms with Gasteiger partial charge in [0.05, 0.1) is 26.4 Å². The average Bonchev–Trinajstić information content (AvgIpc) is 3.12. The van der Waals surface area contributed by atoms with Gasteiger partial charge in [0, 0.05) is 25.7 Å². The Hall–Kier alpha value is -1.94. The van der Waals surface area contributed by atoms with Crippen LogP contribution < -0.4 is 0 Å². The molecule has 19 heteroatoms. The fourth-order valence-corrected chi connectivity index (χ4v) is 12.9. The Balaban J connectivity index is 5.21. The third-order valence-electron chi connectivity index (χ3n) is 17.3. The van der Waals surface area contributed by atoms with Crippen molar-refractivity contribution >= 4 is 39.5 Å². The van der Waals surface area contributed by atoms with E-state index in [0.717, 1.165) is 102 Å². The molecule has 0 spiro atoms. The first-order chi connectivity index (χ1) is 45.0. The van der Waals surface area contributed by atoms with Crippen LogP contribution in [0.1, 0.15) is 388 Å². The summed E-state index contributed by atoms with van der Waals surface area (Å²) < 4.78 is 68.4. The maximum atomic E-state index is 13.1. The van der Waals surface area contributed by atoms with Gasteiger partial charge >= 0.3 is 39.5 Å². The van der Waals surface area contributed by atoms with Crippen LogP contribution >= 0.6 is 15.6 Å². The largest absolute Gasteiger partial charge is 0.472 e. The summed E-state index contributed by atoms with van der Waals surface area (Å²) in [5.41, 5.74) is 0. The van der Waals surface area contributed by atoms with E-state index in [0.29, 0.717) is 25.7 Å². The summed E-state index contributed by atoms with van der Waals surface area (Å²) in [6, 6.07) is 0. The number of carbonyl (C=O) groups excluding carboxylic acids is 4. The highest BCUT2D eigenvalue weighted by atomic mass is 31.2. The maximum Gasteiger partial charge on any atom is 0.472 e. The fourth-order valence-electron chi connectivity index (χ4n) is 11.4. The zero-order chi connectivity index (χ0) is 68.4. The monoisotopic (exact) mass is 1370 g/mol. The van der Waals surface area contributed by atoms with Crippen molar-refractivity contribution in [1.29, 1.82) is 0 Å². The van der Waals surface area contributed by atoms with E-state index in [1.54, 1.807) is 0 Å². The van der Waals surface area contributed by atoms with E-state index in [4.69, 9.17) is 37.0 Å². The van der Waals surface area contributed by atoms with Gasteiger partial charge in [-0.15, -0.1) is 0 Å². The SMILES string of the molecule is CCCCCCCCCCCCCCCCCC(=O)OC[C@H](COP(=O)(O)OC[C@@H](O)COP(=O)(O)OC[C@@H](COC(=O)CCCCCCCCCC)OC(=O)CCCCCCCCCCCCCC)OC(=O)CCCCCCCCCCCCCCCCCC(C)C. The van der Waals surface area contributed by atoms with E-state index in [1.165, 1.54) is 205 Å². The Morgan fingerprint density at radius 2 is 0.495 bits per heavy atom. The highest BCUT2D eigenvalue weighted by molar-refractivity contribution is 7.47. The predicted octanol–water partition coefficient (Wildman–Crippen LogP) is 21.7. The van der Waals surface area contributed by atoms with E-state index < -0.39 is 97.5 Å². The number of aliphatic hydroxyl groups is 1. The van der Waals surface area contributed by atoms with Gasteiger partial charge in [-0.2, -0.15) is 0 Å². The molecule has 0 heterocycles. The first-order valence-corrected chi connectivity index (χ1v) is 41.6. The van der Waals surface area contributed by atoms with Crippen molar-refractivity contribution in [2.24, 2.45) is 5.92 Å². The Morgan fingerprint density at radius 1 is 0.290 bits per heavy atom. The first kappa shape index (κ1) is 91.1. The lowest BCUT2D eigenvalue weighted by molar-refractivity contribution is -0.161. The zero-order valence-corrected chi connectivity index (χ0v) is 62.2. The molecule has 0 saturated carbocycles. The van der Waals surface area contributed by atoms with Crippen molar-refractivity contribution in [1.82, 2.24) is 0 Å². The summed E-state index contributed by atoms with van der Waals surface area (Å²) in [7, 11) is -9.90. The molecule has 93 heavy (non-hydrogen) atoms. The van der Waals surface area contributed by atoms with Gasteiger partial charge in [-0.05, 0) is 31.6 Å². The number of carbonyl (C=O) groups is 4. The molecule has 5 atom stereocenters. The van der Waals surface area contributed by atoms with Crippen LogP contribution in [-0.4, -0.2) is 96.7 Å². The molecule has 0 fully saturated rings. The van der Waals surface area contributed by atoms with E-state index >= 15 is 0 Å². The van der Waals surface area contributed by atoms with E-state index in [1.807, 2.05) is 0 Å². The first-order valence-electron chi connectivity index (χ1n) is 38.6. The van der Waals surface area contributed by atoms with Gasteiger partial charge in [0.25, 0.3) is 0 Å². The molecule has 17 nitrogen and oxygen atoms in total. The second kappa shape index (κ2) is 67.3. The standard InChI is InChI=1S/C74H144O17P2/c1-6-9-12-15-18-21-23-25-27-31-35-38-43-48-53-58-72(77)85-64-70(91-74(79)60-55-50-45-40-36-32-29-26-28-30-33-37-41-46-51-56-67(4)5)66-89-93(82,83)87-62-68(75)61-86-92(80,81)88-65-69(63-84-71(76)57-52-47-42-20-17-14-11-8-3)90-73(78)59-54-49-44-39-34-24-22-19-16-13-10-7-2/h67-70,75H,6-66H2,1-5H3,(H,80,81)(H,82,83)/t68-,69+,70+/m0/s1. The van der Waals surface area contributed by atoms with E-state index in [2.05, 4.69) is 34.6 Å². The van der Waals surface area contributed by atoms with Crippen LogP contribution in [0.2, 0.25) is 0 Å². The van der Waals surface area contributed by atoms with Gasteiger partial charge in [-0.25, -0.2) is 9.13 Å². The van der Waals surface area contributed by atoms with Gasteiger partial charge in [0.2, 0.25) is 0 Å². The van der Waals surface area contributed by atoms with Crippen LogP contribution in [0, 0.1) is 5.92 Å². The quantitative estimate of drug-likeness (QED) is 0.0222. The summed E-state index contributed by atoms with van der Waals surface area (Å²) in [5.74, 6) is -1.31. The van der Waals surface area contributed by atoms with Gasteiger partial charge in [-0.3, -0.25) is 37.3 Å². The number of phosphoric acid groups is 2. The fraction of sp³-hybridized carbons (Fsp3) is 0.946. The van der Waals surface area contributed by atoms with Gasteiger partial charge in [0.1, 0.15) is 19.3 Å². The number of aliphatic hydroxyl groups excluding tert-OH is 1. The molecule has 0 aliphatic heterocycles. The van der Waals surface area contributed by atoms with Crippen LogP contribution in [0.4, 0.5) is 0 Å². The normalized spacial score (nSPS) is 14.0. The third-order valence-corrected chi connectivity index (χ3v) is 19.2. The summed E-state index contributed by atoms with van der Waals surface area (Å²) in [6.07, 6.45) is 55.4. The number of hydrogen-bond acceptors (Lipinski definition) is 15. The molecule has 0 aliphatic carbocycles. The number of hydrogen-bond donors (Lipinski definition) is 3. The Labute approximate surface area is 568 Å². The minimum atomic E-state index is -4.95. The predicted molar refractivity (Wildman–Crippen MR) is 377 cm³/mol. The van der Waals surface area contributed by atoms with Crippen LogP contribution in [0.3, 0.4) is 0 Å². The highest BCUT2D eigenvalue weighted by Gasteiger charge is 2.30. The van der Waals surface area contributed by atoms with Crippen LogP contribution in [0.5, 0.6) is 0 Å². The molecular formula is C74H144O17P2. The molecule has 552 valence electrons. The van der Waals surface area contributed by atoms with Crippen molar-refractivity contribution < 1.29 is 80.2 Å². The number of rotatable bonds is 74. The second-order valence-corrected chi connectivity index (χ2v) is 30.1. The molecule has 0 saturated heterocycles. The highest BCUT2D eigenvalue weighted by Crippen LogP contribution is 2.45. The minimum absolute atomic E-state index is 0.107. The molecule has 2 unspecified atom stereocenters.